The van der Waals surface area contributed by atoms with Gasteiger partial charge in [0.25, 0.3) is 0 Å². The number of thioether (sulfide) groups is 1. The Kier molecular flexibility index (Phi) is 10.3. The average Bonchev–Trinajstić information content (AvgIpc) is 2.88. The molecule has 0 aliphatic rings. The monoisotopic (exact) mass is 504 g/mol. The maximum absolute atomic E-state index is 5.41. The number of hydrogen-bond donors (Lipinski definition) is 0. The Labute approximate surface area is 221 Å². The highest BCUT2D eigenvalue weighted by molar-refractivity contribution is 8.13. The van der Waals surface area contributed by atoms with Gasteiger partial charge in [0.15, 0.2) is 5.17 Å². The molecule has 0 radical (unpaired) electrons. The van der Waals surface area contributed by atoms with Crippen molar-refractivity contribution >= 4 is 22.6 Å². The van der Waals surface area contributed by atoms with Crippen molar-refractivity contribution in [2.75, 3.05) is 20.0 Å². The van der Waals surface area contributed by atoms with Crippen LogP contribution in [0, 0.1) is 0 Å². The van der Waals surface area contributed by atoms with Crippen LogP contribution in [0.1, 0.15) is 68.7 Å². The van der Waals surface area contributed by atoms with E-state index >= 15 is 0 Å². The Hall–Kier alpha value is -2.92. The smallest absolute Gasteiger partial charge is 0.165 e. The van der Waals surface area contributed by atoms with Gasteiger partial charge in [0.1, 0.15) is 11.5 Å². The molecule has 0 saturated carbocycles. The summed E-state index contributed by atoms with van der Waals surface area (Å²) in [5.74, 6) is 3.47. The molecule has 0 aliphatic carbocycles. The highest BCUT2D eigenvalue weighted by atomic mass is 32.2. The van der Waals surface area contributed by atoms with Gasteiger partial charge >= 0.3 is 0 Å². The van der Waals surface area contributed by atoms with Crippen molar-refractivity contribution in [1.82, 2.24) is 4.90 Å². The Morgan fingerprint density at radius 1 is 0.750 bits per heavy atom. The number of benzene rings is 3. The molecule has 0 spiro atoms. The third-order valence-corrected chi connectivity index (χ3v) is 7.06. The SMILES string of the molecule is CCSC(=Nc1c(C(C)C)cccc1C(C)C)N(Cc1ccc(OC)cc1)Cc1ccc(OC)cc1. The van der Waals surface area contributed by atoms with Gasteiger partial charge in [-0.25, -0.2) is 4.99 Å². The van der Waals surface area contributed by atoms with Crippen LogP contribution >= 0.6 is 11.8 Å². The maximum Gasteiger partial charge on any atom is 0.165 e. The summed E-state index contributed by atoms with van der Waals surface area (Å²) in [4.78, 5) is 7.79. The number of methoxy groups -OCH3 is 2. The predicted octanol–water partition coefficient (Wildman–Crippen LogP) is 8.39. The number of ether oxygens (including phenoxy) is 2. The Morgan fingerprint density at radius 2 is 1.19 bits per heavy atom. The van der Waals surface area contributed by atoms with Crippen LogP contribution in [0.4, 0.5) is 5.69 Å². The summed E-state index contributed by atoms with van der Waals surface area (Å²) in [6.07, 6.45) is 0. The van der Waals surface area contributed by atoms with Crippen molar-refractivity contribution in [2.45, 2.75) is 59.5 Å². The number of aliphatic imine (C=N–C) groups is 1. The lowest BCUT2D eigenvalue weighted by molar-refractivity contribution is 0.405. The van der Waals surface area contributed by atoms with E-state index in [1.807, 2.05) is 24.3 Å². The number of amidine groups is 1. The van der Waals surface area contributed by atoms with Crippen LogP contribution < -0.4 is 9.47 Å². The molecule has 0 N–H and O–H groups in total. The van der Waals surface area contributed by atoms with Gasteiger partial charge < -0.3 is 14.4 Å². The minimum absolute atomic E-state index is 0.395. The minimum atomic E-state index is 0.395. The molecule has 4 nitrogen and oxygen atoms in total. The molecule has 36 heavy (non-hydrogen) atoms. The lowest BCUT2D eigenvalue weighted by atomic mass is 9.93. The van der Waals surface area contributed by atoms with E-state index in [0.29, 0.717) is 11.8 Å². The second-order valence-electron chi connectivity index (χ2n) is 9.47. The van der Waals surface area contributed by atoms with Crippen LogP contribution in [0.2, 0.25) is 0 Å². The zero-order chi connectivity index (χ0) is 26.1. The molecule has 0 fully saturated rings. The average molecular weight is 505 g/mol. The second-order valence-corrected chi connectivity index (χ2v) is 10.7. The molecule has 0 aromatic heterocycles. The van der Waals surface area contributed by atoms with Gasteiger partial charge in [-0.05, 0) is 64.1 Å². The first kappa shape index (κ1) is 27.7. The van der Waals surface area contributed by atoms with Crippen molar-refractivity contribution in [3.05, 3.63) is 89.0 Å². The van der Waals surface area contributed by atoms with E-state index in [-0.39, 0.29) is 0 Å². The van der Waals surface area contributed by atoms with Gasteiger partial charge in [-0.3, -0.25) is 0 Å². The lowest BCUT2D eigenvalue weighted by Crippen LogP contribution is -2.28. The summed E-state index contributed by atoms with van der Waals surface area (Å²) in [6, 6.07) is 23.2. The molecule has 0 heterocycles. The van der Waals surface area contributed by atoms with Gasteiger partial charge in [-0.2, -0.15) is 0 Å². The number of nitrogens with zero attached hydrogens (tertiary/aromatic N) is 2. The minimum Gasteiger partial charge on any atom is -0.497 e. The van der Waals surface area contributed by atoms with E-state index in [4.69, 9.17) is 14.5 Å². The third kappa shape index (κ3) is 7.30. The zero-order valence-electron chi connectivity index (χ0n) is 22.7. The first-order valence-electron chi connectivity index (χ1n) is 12.7. The summed E-state index contributed by atoms with van der Waals surface area (Å²) in [5.41, 5.74) is 6.14. The second kappa shape index (κ2) is 13.4. The highest BCUT2D eigenvalue weighted by Crippen LogP contribution is 2.36. The van der Waals surface area contributed by atoms with E-state index in [9.17, 15) is 0 Å². The van der Waals surface area contributed by atoms with Gasteiger partial charge in [0.05, 0.1) is 19.9 Å². The van der Waals surface area contributed by atoms with Gasteiger partial charge in [-0.1, -0.05) is 88.8 Å². The fraction of sp³-hybridized carbons (Fsp3) is 0.387. The lowest BCUT2D eigenvalue weighted by Gasteiger charge is -2.27. The van der Waals surface area contributed by atoms with Gasteiger partial charge in [0, 0.05) is 13.1 Å². The van der Waals surface area contributed by atoms with Crippen LogP contribution in [-0.4, -0.2) is 30.0 Å². The standard InChI is InChI=1S/C31H40N2O2S/c1-8-36-31(32-30-28(22(2)3)10-9-11-29(30)23(4)5)33(20-24-12-16-26(34-6)17-13-24)21-25-14-18-27(35-7)19-15-25/h9-19,22-23H,8,20-21H2,1-7H3. The first-order chi connectivity index (χ1) is 17.4. The molecule has 5 heteroatoms. The molecule has 3 rings (SSSR count). The van der Waals surface area contributed by atoms with Gasteiger partial charge in [-0.15, -0.1) is 0 Å². The Bertz CT molecular complexity index is 1050. The highest BCUT2D eigenvalue weighted by Gasteiger charge is 2.18. The van der Waals surface area contributed by atoms with E-state index in [2.05, 4.69) is 82.0 Å². The molecule has 192 valence electrons. The van der Waals surface area contributed by atoms with Crippen LogP contribution in [0.3, 0.4) is 0 Å². The van der Waals surface area contributed by atoms with Crippen LogP contribution in [0.25, 0.3) is 0 Å². The van der Waals surface area contributed by atoms with Crippen LogP contribution in [-0.2, 0) is 13.1 Å². The molecule has 0 bridgehead atoms. The van der Waals surface area contributed by atoms with Crippen LogP contribution in [0.5, 0.6) is 11.5 Å². The van der Waals surface area contributed by atoms with E-state index in [1.54, 1.807) is 26.0 Å². The summed E-state index contributed by atoms with van der Waals surface area (Å²) in [5, 5.41) is 1.04. The van der Waals surface area contributed by atoms with Crippen molar-refractivity contribution in [1.29, 1.82) is 0 Å². The maximum atomic E-state index is 5.41. The summed E-state index contributed by atoms with van der Waals surface area (Å²) in [7, 11) is 3.40. The fourth-order valence-electron chi connectivity index (χ4n) is 4.15. The van der Waals surface area contributed by atoms with Crippen molar-refractivity contribution in [2.24, 2.45) is 4.99 Å². The number of hydrogen-bond acceptors (Lipinski definition) is 4. The first-order valence-corrected chi connectivity index (χ1v) is 13.7. The van der Waals surface area contributed by atoms with E-state index in [0.717, 1.165) is 41.2 Å². The molecule has 0 unspecified atom stereocenters. The number of para-hydroxylation sites is 1. The molecule has 0 saturated heterocycles. The summed E-state index contributed by atoms with van der Waals surface area (Å²) in [6.45, 7) is 12.7. The molecular weight excluding hydrogens is 464 g/mol. The largest absolute Gasteiger partial charge is 0.497 e. The van der Waals surface area contributed by atoms with E-state index in [1.165, 1.54) is 22.3 Å². The Balaban J connectivity index is 2.09. The number of rotatable bonds is 10. The molecule has 0 amide bonds. The topological polar surface area (TPSA) is 34.1 Å². The normalized spacial score (nSPS) is 11.8. The molecule has 0 atom stereocenters. The fourth-order valence-corrected chi connectivity index (χ4v) is 4.88. The van der Waals surface area contributed by atoms with Crippen molar-refractivity contribution < 1.29 is 9.47 Å². The molecule has 0 aliphatic heterocycles. The molecule has 3 aromatic rings. The summed E-state index contributed by atoms with van der Waals surface area (Å²) >= 11 is 1.80. The zero-order valence-corrected chi connectivity index (χ0v) is 23.6. The van der Waals surface area contributed by atoms with Gasteiger partial charge in [0.2, 0.25) is 0 Å². The molecule has 3 aromatic carbocycles. The van der Waals surface area contributed by atoms with Crippen molar-refractivity contribution in [3.63, 3.8) is 0 Å². The van der Waals surface area contributed by atoms with E-state index < -0.39 is 0 Å². The van der Waals surface area contributed by atoms with Crippen molar-refractivity contribution in [3.8, 4) is 11.5 Å². The summed E-state index contributed by atoms with van der Waals surface area (Å²) < 4.78 is 10.7. The third-order valence-electron chi connectivity index (χ3n) is 6.16. The molecular formula is C31H40N2O2S. The predicted molar refractivity (Wildman–Crippen MR) is 155 cm³/mol. The Morgan fingerprint density at radius 3 is 1.56 bits per heavy atom. The van der Waals surface area contributed by atoms with Crippen LogP contribution in [0.15, 0.2) is 71.7 Å². The quantitative estimate of drug-likeness (QED) is 0.205.